The molecular formula is C18H26N6S. The van der Waals surface area contributed by atoms with Gasteiger partial charge >= 0.3 is 0 Å². The van der Waals surface area contributed by atoms with Crippen molar-refractivity contribution >= 4 is 28.1 Å². The summed E-state index contributed by atoms with van der Waals surface area (Å²) in [6, 6.07) is 6.45. The van der Waals surface area contributed by atoms with Gasteiger partial charge in [0.2, 0.25) is 0 Å². The Bertz CT molecular complexity index is 717. The van der Waals surface area contributed by atoms with E-state index < -0.39 is 0 Å². The molecule has 2 heterocycles. The number of aryl methyl sites for hydroxylation is 1. The third kappa shape index (κ3) is 4.22. The molecule has 0 atom stereocenters. The van der Waals surface area contributed by atoms with E-state index in [1.165, 1.54) is 16.8 Å². The van der Waals surface area contributed by atoms with Gasteiger partial charge < -0.3 is 20.4 Å². The van der Waals surface area contributed by atoms with E-state index in [0.29, 0.717) is 12.5 Å². The fourth-order valence-electron chi connectivity index (χ4n) is 2.99. The van der Waals surface area contributed by atoms with Crippen molar-refractivity contribution in [3.63, 3.8) is 0 Å². The molecule has 7 heteroatoms. The monoisotopic (exact) mass is 358 g/mol. The average molecular weight is 359 g/mol. The molecule has 1 aliphatic heterocycles. The molecule has 0 bridgehead atoms. The van der Waals surface area contributed by atoms with Gasteiger partial charge in [-0.1, -0.05) is 12.1 Å². The van der Waals surface area contributed by atoms with Gasteiger partial charge in [-0.05, 0) is 24.1 Å². The van der Waals surface area contributed by atoms with Crippen LogP contribution in [0.2, 0.25) is 0 Å². The minimum atomic E-state index is 0.603. The third-order valence-electron chi connectivity index (χ3n) is 4.43. The molecule has 1 fully saturated rings. The Morgan fingerprint density at radius 3 is 2.68 bits per heavy atom. The Morgan fingerprint density at radius 1 is 1.28 bits per heavy atom. The molecule has 1 saturated heterocycles. The molecular weight excluding hydrogens is 332 g/mol. The maximum atomic E-state index is 6.25. The van der Waals surface area contributed by atoms with Gasteiger partial charge in [0.1, 0.15) is 0 Å². The van der Waals surface area contributed by atoms with Crippen LogP contribution in [0.3, 0.4) is 0 Å². The zero-order valence-corrected chi connectivity index (χ0v) is 16.0. The molecule has 0 spiro atoms. The van der Waals surface area contributed by atoms with Crippen molar-refractivity contribution in [2.45, 2.75) is 13.5 Å². The highest BCUT2D eigenvalue weighted by atomic mass is 32.1. The number of anilines is 2. The number of guanidine groups is 1. The highest BCUT2D eigenvalue weighted by Gasteiger charge is 2.19. The lowest BCUT2D eigenvalue weighted by Gasteiger charge is -2.35. The van der Waals surface area contributed by atoms with Gasteiger partial charge in [0.05, 0.1) is 6.54 Å². The van der Waals surface area contributed by atoms with Crippen LogP contribution < -0.4 is 15.5 Å². The number of nitrogens with zero attached hydrogens (tertiary/aromatic N) is 5. The number of aromatic nitrogens is 1. The summed E-state index contributed by atoms with van der Waals surface area (Å²) in [7, 11) is 4.12. The lowest BCUT2D eigenvalue weighted by atomic mass is 10.1. The van der Waals surface area contributed by atoms with Gasteiger partial charge in [-0.15, -0.1) is 11.3 Å². The van der Waals surface area contributed by atoms with Crippen LogP contribution in [0.4, 0.5) is 10.8 Å². The number of benzene rings is 1. The minimum Gasteiger partial charge on any atom is -0.377 e. The fourth-order valence-corrected chi connectivity index (χ4v) is 3.69. The van der Waals surface area contributed by atoms with Crippen molar-refractivity contribution < 1.29 is 0 Å². The molecule has 2 aromatic rings. The van der Waals surface area contributed by atoms with Gasteiger partial charge in [-0.25, -0.2) is 9.98 Å². The highest BCUT2D eigenvalue weighted by Crippen LogP contribution is 2.22. The summed E-state index contributed by atoms with van der Waals surface area (Å²) >= 11 is 1.68. The van der Waals surface area contributed by atoms with Crippen LogP contribution >= 0.6 is 11.3 Å². The molecule has 25 heavy (non-hydrogen) atoms. The molecule has 2 N–H and O–H groups in total. The number of thiazole rings is 1. The SMILES string of the molecule is Cc1ccc(CN=C(N)N2CCN(c3nccs3)CC2)c(N(C)C)c1. The summed E-state index contributed by atoms with van der Waals surface area (Å²) in [5.74, 6) is 0.629. The van der Waals surface area contributed by atoms with Crippen LogP contribution in [0.5, 0.6) is 0 Å². The fraction of sp³-hybridized carbons (Fsp3) is 0.444. The smallest absolute Gasteiger partial charge is 0.191 e. The van der Waals surface area contributed by atoms with Crippen LogP contribution in [-0.4, -0.2) is 56.1 Å². The largest absolute Gasteiger partial charge is 0.377 e. The first kappa shape index (κ1) is 17.5. The van der Waals surface area contributed by atoms with Crippen LogP contribution in [0.25, 0.3) is 0 Å². The first-order chi connectivity index (χ1) is 12.0. The number of hydrogen-bond donors (Lipinski definition) is 1. The molecule has 6 nitrogen and oxygen atoms in total. The predicted octanol–water partition coefficient (Wildman–Crippen LogP) is 2.15. The molecule has 0 unspecified atom stereocenters. The molecule has 0 aliphatic carbocycles. The van der Waals surface area contributed by atoms with Gasteiger partial charge in [0.25, 0.3) is 0 Å². The number of aliphatic imine (C=N–C) groups is 1. The number of piperazine rings is 1. The quantitative estimate of drug-likeness (QED) is 0.670. The summed E-state index contributed by atoms with van der Waals surface area (Å²) in [4.78, 5) is 15.6. The van der Waals surface area contributed by atoms with Crippen LogP contribution in [0.15, 0.2) is 34.8 Å². The van der Waals surface area contributed by atoms with E-state index in [2.05, 4.69) is 63.9 Å². The van der Waals surface area contributed by atoms with Gasteiger partial charge in [0, 0.05) is 57.5 Å². The van der Waals surface area contributed by atoms with Crippen molar-refractivity contribution in [2.24, 2.45) is 10.7 Å². The summed E-state index contributed by atoms with van der Waals surface area (Å²) in [5.41, 5.74) is 9.89. The van der Waals surface area contributed by atoms with E-state index in [1.54, 1.807) is 11.3 Å². The number of hydrogen-bond acceptors (Lipinski definition) is 5. The van der Waals surface area contributed by atoms with Crippen LogP contribution in [0.1, 0.15) is 11.1 Å². The molecule has 0 saturated carbocycles. The first-order valence-electron chi connectivity index (χ1n) is 8.51. The zero-order chi connectivity index (χ0) is 17.8. The normalized spacial score (nSPS) is 15.6. The Labute approximate surface area is 153 Å². The standard InChI is InChI=1S/C18H26N6S/c1-14-4-5-15(16(12-14)22(2)3)13-21-17(19)23-7-9-24(10-8-23)18-20-6-11-25-18/h4-6,11-12H,7-10,13H2,1-3H3,(H2,19,21). The molecule has 1 aromatic heterocycles. The first-order valence-corrected chi connectivity index (χ1v) is 9.38. The highest BCUT2D eigenvalue weighted by molar-refractivity contribution is 7.13. The summed E-state index contributed by atoms with van der Waals surface area (Å²) < 4.78 is 0. The van der Waals surface area contributed by atoms with Crippen molar-refractivity contribution in [3.8, 4) is 0 Å². The zero-order valence-electron chi connectivity index (χ0n) is 15.1. The summed E-state index contributed by atoms with van der Waals surface area (Å²) in [5, 5.41) is 3.10. The predicted molar refractivity (Wildman–Crippen MR) is 107 cm³/mol. The van der Waals surface area contributed by atoms with Gasteiger partial charge in [-0.3, -0.25) is 0 Å². The van der Waals surface area contributed by atoms with Crippen molar-refractivity contribution in [1.29, 1.82) is 0 Å². The van der Waals surface area contributed by atoms with Gasteiger partial charge in [-0.2, -0.15) is 0 Å². The molecule has 1 aliphatic rings. The van der Waals surface area contributed by atoms with E-state index in [1.807, 2.05) is 11.6 Å². The van der Waals surface area contributed by atoms with Crippen molar-refractivity contribution in [2.75, 3.05) is 50.1 Å². The van der Waals surface area contributed by atoms with E-state index in [-0.39, 0.29) is 0 Å². The number of nitrogens with two attached hydrogens (primary N) is 1. The molecule has 134 valence electrons. The molecule has 0 amide bonds. The second kappa shape index (κ2) is 7.74. The Kier molecular flexibility index (Phi) is 5.43. The second-order valence-corrected chi connectivity index (χ2v) is 7.36. The lowest BCUT2D eigenvalue weighted by Crippen LogP contribution is -2.51. The molecule has 0 radical (unpaired) electrons. The Morgan fingerprint density at radius 2 is 2.04 bits per heavy atom. The van der Waals surface area contributed by atoms with Gasteiger partial charge in [0.15, 0.2) is 11.1 Å². The maximum Gasteiger partial charge on any atom is 0.191 e. The summed E-state index contributed by atoms with van der Waals surface area (Å²) in [6.07, 6.45) is 1.85. The van der Waals surface area contributed by atoms with Crippen LogP contribution in [-0.2, 0) is 6.54 Å². The van der Waals surface area contributed by atoms with Crippen molar-refractivity contribution in [1.82, 2.24) is 9.88 Å². The van der Waals surface area contributed by atoms with E-state index in [9.17, 15) is 0 Å². The van der Waals surface area contributed by atoms with Crippen LogP contribution in [0, 0.1) is 6.92 Å². The third-order valence-corrected chi connectivity index (χ3v) is 5.26. The van der Waals surface area contributed by atoms with E-state index >= 15 is 0 Å². The Balaban J connectivity index is 1.61. The maximum absolute atomic E-state index is 6.25. The van der Waals surface area contributed by atoms with E-state index in [0.717, 1.165) is 31.3 Å². The minimum absolute atomic E-state index is 0.603. The molecule has 1 aromatic carbocycles. The molecule has 3 rings (SSSR count). The lowest BCUT2D eigenvalue weighted by molar-refractivity contribution is 0.380. The summed E-state index contributed by atoms with van der Waals surface area (Å²) in [6.45, 7) is 6.32. The Hall–Kier alpha value is -2.28. The second-order valence-electron chi connectivity index (χ2n) is 6.49. The van der Waals surface area contributed by atoms with Crippen molar-refractivity contribution in [3.05, 3.63) is 40.9 Å². The van der Waals surface area contributed by atoms with E-state index in [4.69, 9.17) is 5.73 Å². The number of rotatable bonds is 4. The average Bonchev–Trinajstić information content (AvgIpc) is 3.15. The topological polar surface area (TPSA) is 61.0 Å².